The maximum absolute atomic E-state index is 9.10. The van der Waals surface area contributed by atoms with Gasteiger partial charge in [0.1, 0.15) is 0 Å². The number of aryl methyl sites for hydroxylation is 2. The van der Waals surface area contributed by atoms with E-state index in [9.17, 15) is 0 Å². The molecule has 1 N–H and O–H groups in total. The van der Waals surface area contributed by atoms with Crippen LogP contribution in [0.4, 0.5) is 5.69 Å². The third kappa shape index (κ3) is 6.06. The van der Waals surface area contributed by atoms with E-state index in [-0.39, 0.29) is 31.4 Å². The fourth-order valence-electron chi connectivity index (χ4n) is 2.10. The van der Waals surface area contributed by atoms with Crippen LogP contribution in [0.5, 0.6) is 0 Å². The van der Waals surface area contributed by atoms with Gasteiger partial charge in [-0.15, -0.1) is 36.2 Å². The van der Waals surface area contributed by atoms with Crippen LogP contribution in [-0.2, 0) is 13.0 Å². The summed E-state index contributed by atoms with van der Waals surface area (Å²) in [7, 11) is 2.02. The number of rotatable bonds is 6. The van der Waals surface area contributed by atoms with Gasteiger partial charge in [0.2, 0.25) is 0 Å². The Hall–Kier alpha value is -1.14. The van der Waals surface area contributed by atoms with E-state index in [4.69, 9.17) is 5.11 Å². The predicted molar refractivity (Wildman–Crippen MR) is 108 cm³/mol. The quantitative estimate of drug-likeness (QED) is 0.591. The second kappa shape index (κ2) is 10.7. The second-order valence-electron chi connectivity index (χ2n) is 5.45. The number of aromatic nitrogens is 1. The van der Waals surface area contributed by atoms with Crippen LogP contribution in [0.2, 0.25) is 0 Å². The Bertz CT molecular complexity index is 674. The fraction of sp³-hybridized carbons (Fsp3) is 0.412. The summed E-state index contributed by atoms with van der Waals surface area (Å²) in [5.41, 5.74) is 5.41. The maximum Gasteiger partial charge on any atom is 0.0973 e. The summed E-state index contributed by atoms with van der Waals surface area (Å²) in [5.74, 6) is 0. The molecule has 4 nitrogen and oxygen atoms in total. The van der Waals surface area contributed by atoms with Gasteiger partial charge in [-0.2, -0.15) is 0 Å². The lowest BCUT2D eigenvalue weighted by atomic mass is 10.0. The minimum Gasteiger partial charge on any atom is -0.390 e. The summed E-state index contributed by atoms with van der Waals surface area (Å²) in [6, 6.07) is 4.32. The Balaban J connectivity index is 0.00000264. The average Bonchev–Trinajstić information content (AvgIpc) is 2.96. The number of nitrogens with zero attached hydrogens (tertiary/aromatic N) is 3. The van der Waals surface area contributed by atoms with Crippen molar-refractivity contribution in [2.45, 2.75) is 33.8 Å². The number of hydrogen-bond acceptors (Lipinski definition) is 4. The molecule has 24 heavy (non-hydrogen) atoms. The molecule has 2 aromatic rings. The van der Waals surface area contributed by atoms with E-state index < -0.39 is 0 Å². The number of benzene rings is 1. The summed E-state index contributed by atoms with van der Waals surface area (Å²) in [5, 5.41) is 12.0. The van der Waals surface area contributed by atoms with Crippen molar-refractivity contribution in [3.8, 4) is 0 Å². The summed E-state index contributed by atoms with van der Waals surface area (Å²) in [6.45, 7) is 7.24. The highest BCUT2D eigenvalue weighted by Gasteiger charge is 2.08. The number of hydrogen-bond donors (Lipinski definition) is 1. The fourth-order valence-corrected chi connectivity index (χ4v) is 2.91. The van der Waals surface area contributed by atoms with Crippen LogP contribution in [0.15, 0.2) is 22.5 Å². The monoisotopic (exact) mass is 389 g/mol. The molecule has 0 unspecified atom stereocenters. The van der Waals surface area contributed by atoms with Crippen molar-refractivity contribution in [3.63, 3.8) is 0 Å². The van der Waals surface area contributed by atoms with Crippen molar-refractivity contribution >= 4 is 48.2 Å². The van der Waals surface area contributed by atoms with E-state index in [0.29, 0.717) is 0 Å². The normalized spacial score (nSPS) is 10.4. The van der Waals surface area contributed by atoms with Gasteiger partial charge in [-0.25, -0.2) is 9.98 Å². The van der Waals surface area contributed by atoms with E-state index in [1.807, 2.05) is 18.8 Å². The first kappa shape index (κ1) is 22.9. The zero-order valence-electron chi connectivity index (χ0n) is 14.4. The third-order valence-corrected chi connectivity index (χ3v) is 4.55. The van der Waals surface area contributed by atoms with Gasteiger partial charge in [0.15, 0.2) is 0 Å². The van der Waals surface area contributed by atoms with Crippen LogP contribution in [-0.4, -0.2) is 34.9 Å². The topological polar surface area (TPSA) is 48.7 Å². The number of aliphatic imine (C=N–C) groups is 1. The summed E-state index contributed by atoms with van der Waals surface area (Å²) in [6.07, 6.45) is 2.67. The van der Waals surface area contributed by atoms with Crippen LogP contribution in [0.25, 0.3) is 0 Å². The molecule has 0 fully saturated rings. The van der Waals surface area contributed by atoms with E-state index >= 15 is 0 Å². The SMILES string of the molecule is CCN(C)C=Nc1cc(C)c(Cc2nc(CO)cs2)cc1C.Cl.Cl. The van der Waals surface area contributed by atoms with Gasteiger partial charge in [0.05, 0.1) is 29.3 Å². The van der Waals surface area contributed by atoms with Crippen molar-refractivity contribution in [1.29, 1.82) is 0 Å². The van der Waals surface area contributed by atoms with E-state index in [2.05, 4.69) is 47.8 Å². The molecule has 1 aromatic heterocycles. The van der Waals surface area contributed by atoms with E-state index in [1.54, 1.807) is 11.3 Å². The molecule has 0 aliphatic carbocycles. The minimum absolute atomic E-state index is 0. The molecule has 0 aliphatic heterocycles. The van der Waals surface area contributed by atoms with Crippen LogP contribution >= 0.6 is 36.2 Å². The average molecular weight is 390 g/mol. The molecule has 0 bridgehead atoms. The lowest BCUT2D eigenvalue weighted by Gasteiger charge is -2.11. The first-order valence-electron chi connectivity index (χ1n) is 7.42. The van der Waals surface area contributed by atoms with Gasteiger partial charge in [-0.1, -0.05) is 6.07 Å². The van der Waals surface area contributed by atoms with Crippen LogP contribution < -0.4 is 0 Å². The molecular weight excluding hydrogens is 365 g/mol. The third-order valence-electron chi connectivity index (χ3n) is 3.65. The molecule has 0 aliphatic rings. The lowest BCUT2D eigenvalue weighted by molar-refractivity contribution is 0.277. The predicted octanol–water partition coefficient (Wildman–Crippen LogP) is 4.30. The number of aliphatic hydroxyl groups is 1. The summed E-state index contributed by atoms with van der Waals surface area (Å²) < 4.78 is 0. The summed E-state index contributed by atoms with van der Waals surface area (Å²) in [4.78, 5) is 11.0. The van der Waals surface area contributed by atoms with Gasteiger partial charge < -0.3 is 10.0 Å². The smallest absolute Gasteiger partial charge is 0.0973 e. The first-order chi connectivity index (χ1) is 10.5. The number of aliphatic hydroxyl groups excluding tert-OH is 1. The molecule has 0 saturated carbocycles. The Kier molecular flexibility index (Phi) is 10.2. The maximum atomic E-state index is 9.10. The molecule has 1 aromatic carbocycles. The van der Waals surface area contributed by atoms with Gasteiger partial charge in [-0.05, 0) is 43.5 Å². The van der Waals surface area contributed by atoms with Crippen LogP contribution in [0.3, 0.4) is 0 Å². The zero-order chi connectivity index (χ0) is 16.1. The van der Waals surface area contributed by atoms with Crippen molar-refractivity contribution in [1.82, 2.24) is 9.88 Å². The van der Waals surface area contributed by atoms with E-state index in [1.165, 1.54) is 16.7 Å². The zero-order valence-corrected chi connectivity index (χ0v) is 16.9. The van der Waals surface area contributed by atoms with Gasteiger partial charge >= 0.3 is 0 Å². The second-order valence-corrected chi connectivity index (χ2v) is 6.39. The van der Waals surface area contributed by atoms with Crippen molar-refractivity contribution < 1.29 is 5.11 Å². The molecule has 2 rings (SSSR count). The molecule has 134 valence electrons. The van der Waals surface area contributed by atoms with Crippen LogP contribution in [0.1, 0.15) is 34.3 Å². The van der Waals surface area contributed by atoms with Crippen molar-refractivity contribution in [3.05, 3.63) is 44.9 Å². The molecule has 1 heterocycles. The Morgan fingerprint density at radius 2 is 1.96 bits per heavy atom. The minimum atomic E-state index is 0. The van der Waals surface area contributed by atoms with Gasteiger partial charge in [0, 0.05) is 25.4 Å². The highest BCUT2D eigenvalue weighted by molar-refractivity contribution is 7.09. The molecule has 0 radical (unpaired) electrons. The Morgan fingerprint density at radius 1 is 1.25 bits per heavy atom. The molecular formula is C17H25Cl2N3OS. The van der Waals surface area contributed by atoms with Gasteiger partial charge in [0.25, 0.3) is 0 Å². The lowest BCUT2D eigenvalue weighted by Crippen LogP contribution is -2.14. The Morgan fingerprint density at radius 3 is 2.54 bits per heavy atom. The van der Waals surface area contributed by atoms with E-state index in [0.717, 1.165) is 29.4 Å². The first-order valence-corrected chi connectivity index (χ1v) is 8.30. The number of thiazole rings is 1. The highest BCUT2D eigenvalue weighted by Crippen LogP contribution is 2.25. The Labute approximate surface area is 160 Å². The molecule has 0 spiro atoms. The highest BCUT2D eigenvalue weighted by atomic mass is 35.5. The van der Waals surface area contributed by atoms with Crippen molar-refractivity contribution in [2.24, 2.45) is 4.99 Å². The molecule has 0 amide bonds. The largest absolute Gasteiger partial charge is 0.390 e. The summed E-state index contributed by atoms with van der Waals surface area (Å²) >= 11 is 1.60. The number of halogens is 2. The molecule has 0 atom stereocenters. The standard InChI is InChI=1S/C17H23N3OS.2ClH/c1-5-20(4)11-18-16-7-12(2)14(6-13(16)3)8-17-19-15(9-21)10-22-17;;/h6-7,10-11,21H,5,8-9H2,1-4H3;2*1H. The van der Waals surface area contributed by atoms with Gasteiger partial charge in [-0.3, -0.25) is 0 Å². The molecule has 7 heteroatoms. The molecule has 0 saturated heterocycles. The van der Waals surface area contributed by atoms with Crippen molar-refractivity contribution in [2.75, 3.05) is 13.6 Å². The van der Waals surface area contributed by atoms with Crippen LogP contribution in [0, 0.1) is 13.8 Å².